The van der Waals surface area contributed by atoms with Gasteiger partial charge in [-0.05, 0) is 64.5 Å². The van der Waals surface area contributed by atoms with Crippen molar-refractivity contribution in [2.75, 3.05) is 46.9 Å². The lowest BCUT2D eigenvalue weighted by Crippen LogP contribution is -2.33. The number of nitrogens with zero attached hydrogens (tertiary/aromatic N) is 1. The third kappa shape index (κ3) is 8.77. The molecule has 1 aromatic rings. The largest absolute Gasteiger partial charge is 0.491 e. The highest BCUT2D eigenvalue weighted by molar-refractivity contribution is 5.96. The van der Waals surface area contributed by atoms with Gasteiger partial charge in [0.2, 0.25) is 0 Å². The molecule has 144 valence electrons. The summed E-state index contributed by atoms with van der Waals surface area (Å²) in [6, 6.07) is 7.45. The first-order valence-electron chi connectivity index (χ1n) is 8.52. The summed E-state index contributed by atoms with van der Waals surface area (Å²) in [4.78, 5) is 14.4. The van der Waals surface area contributed by atoms with Crippen molar-refractivity contribution in [1.29, 1.82) is 0 Å². The number of ether oxygens (including phenoxy) is 1. The van der Waals surface area contributed by atoms with E-state index in [1.807, 2.05) is 38.4 Å². The molecule has 0 aliphatic carbocycles. The van der Waals surface area contributed by atoms with Crippen LogP contribution in [0, 0.1) is 5.92 Å². The Bertz CT molecular complexity index is 495. The summed E-state index contributed by atoms with van der Waals surface area (Å²) in [7, 11) is 4.00. The zero-order valence-electron chi connectivity index (χ0n) is 15.1. The number of para-hydroxylation sites is 1. The van der Waals surface area contributed by atoms with E-state index in [0.29, 0.717) is 23.8 Å². The van der Waals surface area contributed by atoms with Crippen molar-refractivity contribution in [1.82, 2.24) is 15.5 Å². The Balaban J connectivity index is 0.00000288. The van der Waals surface area contributed by atoms with Crippen LogP contribution in [0.25, 0.3) is 0 Å². The fourth-order valence-corrected chi connectivity index (χ4v) is 2.77. The fourth-order valence-electron chi connectivity index (χ4n) is 2.77. The Hall–Kier alpha value is -1.01. The molecule has 1 amide bonds. The molecule has 0 aromatic heterocycles. The summed E-state index contributed by atoms with van der Waals surface area (Å²) in [5.74, 6) is 1.29. The Morgan fingerprint density at radius 3 is 2.76 bits per heavy atom. The molecule has 0 bridgehead atoms. The molecular weight excluding hydrogens is 361 g/mol. The maximum absolute atomic E-state index is 12.4. The monoisotopic (exact) mass is 391 g/mol. The topological polar surface area (TPSA) is 53.6 Å². The van der Waals surface area contributed by atoms with Crippen LogP contribution < -0.4 is 15.4 Å². The molecule has 0 saturated carbocycles. The van der Waals surface area contributed by atoms with Gasteiger partial charge in [-0.25, -0.2) is 0 Å². The van der Waals surface area contributed by atoms with E-state index in [4.69, 9.17) is 4.74 Å². The van der Waals surface area contributed by atoms with Crippen molar-refractivity contribution in [2.45, 2.75) is 19.3 Å². The van der Waals surface area contributed by atoms with Crippen LogP contribution in [-0.2, 0) is 0 Å². The second kappa shape index (κ2) is 13.2. The molecular formula is C18H31Cl2N3O2. The predicted octanol–water partition coefficient (Wildman–Crippen LogP) is 2.59. The van der Waals surface area contributed by atoms with Crippen molar-refractivity contribution in [3.63, 3.8) is 0 Å². The zero-order valence-corrected chi connectivity index (χ0v) is 16.8. The zero-order chi connectivity index (χ0) is 16.5. The minimum atomic E-state index is -0.0470. The van der Waals surface area contributed by atoms with Gasteiger partial charge in [-0.1, -0.05) is 12.1 Å². The van der Waals surface area contributed by atoms with Crippen molar-refractivity contribution >= 4 is 30.7 Å². The Labute approximate surface area is 163 Å². The average Bonchev–Trinajstić information content (AvgIpc) is 2.56. The van der Waals surface area contributed by atoms with E-state index in [-0.39, 0.29) is 30.7 Å². The third-order valence-corrected chi connectivity index (χ3v) is 4.16. The molecule has 1 unspecified atom stereocenters. The molecule has 2 N–H and O–H groups in total. The van der Waals surface area contributed by atoms with Gasteiger partial charge in [-0.3, -0.25) is 4.79 Å². The van der Waals surface area contributed by atoms with E-state index in [1.54, 1.807) is 0 Å². The number of hydrogen-bond donors (Lipinski definition) is 2. The SMILES string of the molecule is CN(C)CCOc1ccccc1C(=O)NCCC1CCCNC1.Cl.Cl. The summed E-state index contributed by atoms with van der Waals surface area (Å²) in [5.41, 5.74) is 0.619. The molecule has 1 heterocycles. The minimum absolute atomic E-state index is 0. The molecule has 1 saturated heterocycles. The van der Waals surface area contributed by atoms with Crippen LogP contribution >= 0.6 is 24.8 Å². The third-order valence-electron chi connectivity index (χ3n) is 4.16. The lowest BCUT2D eigenvalue weighted by Gasteiger charge is -2.22. The van der Waals surface area contributed by atoms with Crippen LogP contribution in [0.1, 0.15) is 29.6 Å². The number of likely N-dealkylation sites (N-methyl/N-ethyl adjacent to an activating group) is 1. The second-order valence-electron chi connectivity index (χ2n) is 6.40. The molecule has 0 spiro atoms. The van der Waals surface area contributed by atoms with Crippen molar-refractivity contribution < 1.29 is 9.53 Å². The quantitative estimate of drug-likeness (QED) is 0.714. The summed E-state index contributed by atoms with van der Waals surface area (Å²) < 4.78 is 5.75. The van der Waals surface area contributed by atoms with E-state index >= 15 is 0 Å². The van der Waals surface area contributed by atoms with E-state index in [0.717, 1.165) is 32.6 Å². The lowest BCUT2D eigenvalue weighted by molar-refractivity contribution is 0.0946. The molecule has 1 aromatic carbocycles. The second-order valence-corrected chi connectivity index (χ2v) is 6.40. The molecule has 1 aliphatic rings. The smallest absolute Gasteiger partial charge is 0.255 e. The van der Waals surface area contributed by atoms with Crippen LogP contribution in [0.2, 0.25) is 0 Å². The molecule has 2 rings (SSSR count). The average molecular weight is 392 g/mol. The number of benzene rings is 1. The van der Waals surface area contributed by atoms with Crippen LogP contribution in [0.15, 0.2) is 24.3 Å². The highest BCUT2D eigenvalue weighted by Crippen LogP contribution is 2.18. The van der Waals surface area contributed by atoms with Gasteiger partial charge >= 0.3 is 0 Å². The van der Waals surface area contributed by atoms with Crippen molar-refractivity contribution in [2.24, 2.45) is 5.92 Å². The van der Waals surface area contributed by atoms with Gasteiger partial charge in [0.25, 0.3) is 5.91 Å². The lowest BCUT2D eigenvalue weighted by atomic mass is 9.96. The normalized spacial score (nSPS) is 16.5. The number of carbonyl (C=O) groups excluding carboxylic acids is 1. The Kier molecular flexibility index (Phi) is 12.7. The Morgan fingerprint density at radius 1 is 1.32 bits per heavy atom. The van der Waals surface area contributed by atoms with Gasteiger partial charge in [0.15, 0.2) is 0 Å². The van der Waals surface area contributed by atoms with E-state index in [2.05, 4.69) is 15.5 Å². The van der Waals surface area contributed by atoms with Gasteiger partial charge < -0.3 is 20.3 Å². The standard InChI is InChI=1S/C18H29N3O2.2ClH/c1-21(2)12-13-23-17-8-4-3-7-16(17)18(22)20-11-9-15-6-5-10-19-14-15;;/h3-4,7-8,15,19H,5-6,9-14H2,1-2H3,(H,20,22);2*1H. The van der Waals surface area contributed by atoms with E-state index in [1.165, 1.54) is 12.8 Å². The summed E-state index contributed by atoms with van der Waals surface area (Å²) in [6.07, 6.45) is 3.52. The first-order chi connectivity index (χ1) is 11.2. The van der Waals surface area contributed by atoms with Gasteiger partial charge in [0.05, 0.1) is 5.56 Å². The van der Waals surface area contributed by atoms with Gasteiger partial charge in [0, 0.05) is 13.1 Å². The molecule has 1 fully saturated rings. The Morgan fingerprint density at radius 2 is 2.08 bits per heavy atom. The minimum Gasteiger partial charge on any atom is -0.491 e. The maximum atomic E-state index is 12.4. The molecule has 1 aliphatic heterocycles. The number of nitrogens with one attached hydrogen (secondary N) is 2. The molecule has 7 heteroatoms. The fraction of sp³-hybridized carbons (Fsp3) is 0.611. The van der Waals surface area contributed by atoms with Gasteiger partial charge in [-0.15, -0.1) is 24.8 Å². The van der Waals surface area contributed by atoms with Gasteiger partial charge in [0.1, 0.15) is 12.4 Å². The first kappa shape index (κ1) is 24.0. The highest BCUT2D eigenvalue weighted by Gasteiger charge is 2.15. The number of rotatable bonds is 8. The number of amides is 1. The van der Waals surface area contributed by atoms with E-state index in [9.17, 15) is 4.79 Å². The van der Waals surface area contributed by atoms with Crippen LogP contribution in [0.5, 0.6) is 5.75 Å². The first-order valence-corrected chi connectivity index (χ1v) is 8.52. The number of carbonyl (C=O) groups is 1. The van der Waals surface area contributed by atoms with Crippen molar-refractivity contribution in [3.8, 4) is 5.75 Å². The van der Waals surface area contributed by atoms with Crippen LogP contribution in [0.3, 0.4) is 0 Å². The number of halogens is 2. The van der Waals surface area contributed by atoms with Crippen molar-refractivity contribution in [3.05, 3.63) is 29.8 Å². The van der Waals surface area contributed by atoms with E-state index < -0.39 is 0 Å². The molecule has 5 nitrogen and oxygen atoms in total. The van der Waals surface area contributed by atoms with Crippen LogP contribution in [-0.4, -0.2) is 57.7 Å². The van der Waals surface area contributed by atoms with Gasteiger partial charge in [-0.2, -0.15) is 0 Å². The highest BCUT2D eigenvalue weighted by atomic mass is 35.5. The molecule has 0 radical (unpaired) electrons. The molecule has 25 heavy (non-hydrogen) atoms. The summed E-state index contributed by atoms with van der Waals surface area (Å²) in [5, 5.41) is 6.44. The number of piperidine rings is 1. The summed E-state index contributed by atoms with van der Waals surface area (Å²) >= 11 is 0. The maximum Gasteiger partial charge on any atom is 0.255 e. The predicted molar refractivity (Wildman–Crippen MR) is 108 cm³/mol. The van der Waals surface area contributed by atoms with Crippen LogP contribution in [0.4, 0.5) is 0 Å². The number of hydrogen-bond acceptors (Lipinski definition) is 4. The summed E-state index contributed by atoms with van der Waals surface area (Å²) in [6.45, 7) is 4.31. The molecule has 1 atom stereocenters.